The van der Waals surface area contributed by atoms with E-state index >= 15 is 0 Å². The fourth-order valence-electron chi connectivity index (χ4n) is 1.72. The van der Waals surface area contributed by atoms with Crippen LogP contribution in [0, 0.1) is 0 Å². The summed E-state index contributed by atoms with van der Waals surface area (Å²) in [7, 11) is -1.56. The first-order valence-electron chi connectivity index (χ1n) is 7.15. The van der Waals surface area contributed by atoms with Crippen LogP contribution in [0.2, 0.25) is 0 Å². The predicted octanol–water partition coefficient (Wildman–Crippen LogP) is 1.18. The average molecular weight is 328 g/mol. The number of hydrogen-bond donors (Lipinski definition) is 2. The van der Waals surface area contributed by atoms with E-state index in [0.717, 1.165) is 0 Å². The van der Waals surface area contributed by atoms with E-state index in [-0.39, 0.29) is 18.2 Å². The summed E-state index contributed by atoms with van der Waals surface area (Å²) in [5.74, 6) is -0.208. The molecule has 0 aliphatic carbocycles. The molecule has 1 aromatic carbocycles. The maximum absolute atomic E-state index is 11.9. The Morgan fingerprint density at radius 2 is 2.05 bits per heavy atom. The molecular weight excluding hydrogens is 304 g/mol. The van der Waals surface area contributed by atoms with Gasteiger partial charge in [0, 0.05) is 19.3 Å². The number of rotatable bonds is 9. The lowest BCUT2D eigenvalue weighted by atomic mass is 10.2. The maximum Gasteiger partial charge on any atom is 0.238 e. The van der Waals surface area contributed by atoms with Gasteiger partial charge in [-0.05, 0) is 31.5 Å². The first kappa shape index (κ1) is 18.6. The molecule has 0 spiro atoms. The molecule has 0 fully saturated rings. The fourth-order valence-corrected chi connectivity index (χ4v) is 2.70. The van der Waals surface area contributed by atoms with Gasteiger partial charge in [0.2, 0.25) is 5.91 Å². The van der Waals surface area contributed by atoms with Gasteiger partial charge in [0.05, 0.1) is 24.2 Å². The Labute approximate surface area is 132 Å². The number of hydrogen-bond acceptors (Lipinski definition) is 5. The normalized spacial score (nSPS) is 11.6. The van der Waals surface area contributed by atoms with E-state index in [4.69, 9.17) is 4.74 Å². The molecule has 0 heterocycles. The molecule has 1 aromatic rings. The van der Waals surface area contributed by atoms with Gasteiger partial charge in [0.25, 0.3) is 0 Å². The molecular formula is C15H24N2O4S. The largest absolute Gasteiger partial charge is 0.383 e. The highest BCUT2D eigenvalue weighted by atomic mass is 32.2. The summed E-state index contributed by atoms with van der Waals surface area (Å²) in [6, 6.07) is 6.90. The second kappa shape index (κ2) is 8.87. The van der Waals surface area contributed by atoms with Crippen molar-refractivity contribution in [1.29, 1.82) is 0 Å². The van der Waals surface area contributed by atoms with Gasteiger partial charge in [-0.2, -0.15) is 0 Å². The van der Waals surface area contributed by atoms with Crippen molar-refractivity contribution in [2.24, 2.45) is 0 Å². The molecule has 0 aliphatic rings. The van der Waals surface area contributed by atoms with Crippen LogP contribution < -0.4 is 10.6 Å². The number of benzene rings is 1. The fraction of sp³-hybridized carbons (Fsp3) is 0.533. The first-order valence-corrected chi connectivity index (χ1v) is 8.86. The monoisotopic (exact) mass is 328 g/mol. The molecule has 0 aliphatic heterocycles. The highest BCUT2D eigenvalue weighted by molar-refractivity contribution is 7.91. The van der Waals surface area contributed by atoms with E-state index in [1.807, 2.05) is 0 Å². The Balaban J connectivity index is 2.59. The van der Waals surface area contributed by atoms with Crippen molar-refractivity contribution in [2.75, 3.05) is 32.1 Å². The topological polar surface area (TPSA) is 84.5 Å². The van der Waals surface area contributed by atoms with Crippen LogP contribution >= 0.6 is 0 Å². The summed E-state index contributed by atoms with van der Waals surface area (Å²) in [6.45, 7) is 4.63. The summed E-state index contributed by atoms with van der Waals surface area (Å²) in [5, 5.41) is 5.26. The number of sulfone groups is 1. The van der Waals surface area contributed by atoms with Crippen LogP contribution in [0.5, 0.6) is 0 Å². The number of nitrogens with one attached hydrogen (secondary N) is 2. The number of ether oxygens (including phenoxy) is 1. The van der Waals surface area contributed by atoms with E-state index in [0.29, 0.717) is 24.4 Å². The van der Waals surface area contributed by atoms with Crippen molar-refractivity contribution in [1.82, 2.24) is 5.32 Å². The molecule has 0 aromatic heterocycles. The van der Waals surface area contributed by atoms with Crippen molar-refractivity contribution in [3.8, 4) is 0 Å². The number of methoxy groups -OCH3 is 1. The second-order valence-corrected chi connectivity index (χ2v) is 7.83. The number of amides is 1. The molecule has 6 nitrogen and oxygen atoms in total. The van der Waals surface area contributed by atoms with Crippen LogP contribution in [-0.4, -0.2) is 46.4 Å². The predicted molar refractivity (Wildman–Crippen MR) is 87.6 cm³/mol. The Bertz CT molecular complexity index is 585. The van der Waals surface area contributed by atoms with Crippen molar-refractivity contribution >= 4 is 21.4 Å². The van der Waals surface area contributed by atoms with Gasteiger partial charge < -0.3 is 15.4 Å². The van der Waals surface area contributed by atoms with Crippen molar-refractivity contribution in [3.63, 3.8) is 0 Å². The van der Waals surface area contributed by atoms with Gasteiger partial charge in [-0.1, -0.05) is 12.1 Å². The van der Waals surface area contributed by atoms with E-state index in [9.17, 15) is 13.2 Å². The molecule has 0 radical (unpaired) electrons. The van der Waals surface area contributed by atoms with E-state index in [2.05, 4.69) is 10.6 Å². The van der Waals surface area contributed by atoms with Crippen LogP contribution in [0.1, 0.15) is 19.4 Å². The number of anilines is 1. The van der Waals surface area contributed by atoms with Gasteiger partial charge in [-0.3, -0.25) is 4.79 Å². The summed E-state index contributed by atoms with van der Waals surface area (Å²) in [4.78, 5) is 11.7. The summed E-state index contributed by atoms with van der Waals surface area (Å²) in [6.07, 6.45) is 0. The van der Waals surface area contributed by atoms with Crippen molar-refractivity contribution in [3.05, 3.63) is 29.8 Å². The Morgan fingerprint density at radius 1 is 1.32 bits per heavy atom. The highest BCUT2D eigenvalue weighted by Gasteiger charge is 2.16. The number of carbonyl (C=O) groups is 1. The molecule has 0 saturated carbocycles. The third-order valence-electron chi connectivity index (χ3n) is 3.07. The third kappa shape index (κ3) is 6.55. The zero-order valence-corrected chi connectivity index (χ0v) is 14.1. The lowest BCUT2D eigenvalue weighted by Crippen LogP contribution is -2.30. The minimum absolute atomic E-state index is 0.0273. The minimum Gasteiger partial charge on any atom is -0.383 e. The molecule has 1 rings (SSSR count). The van der Waals surface area contributed by atoms with Crippen LogP contribution in [0.15, 0.2) is 24.3 Å². The zero-order valence-electron chi connectivity index (χ0n) is 13.3. The van der Waals surface area contributed by atoms with Gasteiger partial charge in [-0.25, -0.2) is 8.42 Å². The van der Waals surface area contributed by atoms with Gasteiger partial charge in [0.1, 0.15) is 0 Å². The van der Waals surface area contributed by atoms with Crippen LogP contribution in [0.3, 0.4) is 0 Å². The van der Waals surface area contributed by atoms with Gasteiger partial charge >= 0.3 is 0 Å². The minimum atomic E-state index is -3.16. The lowest BCUT2D eigenvalue weighted by Gasteiger charge is -2.10. The highest BCUT2D eigenvalue weighted by Crippen LogP contribution is 2.15. The smallest absolute Gasteiger partial charge is 0.238 e. The quantitative estimate of drug-likeness (QED) is 0.665. The summed E-state index contributed by atoms with van der Waals surface area (Å²) >= 11 is 0. The van der Waals surface area contributed by atoms with E-state index < -0.39 is 15.1 Å². The molecule has 124 valence electrons. The molecule has 0 atom stereocenters. The third-order valence-corrected chi connectivity index (χ3v) is 5.24. The molecule has 0 saturated heterocycles. The molecule has 0 unspecified atom stereocenters. The van der Waals surface area contributed by atoms with Gasteiger partial charge in [-0.15, -0.1) is 0 Å². The van der Waals surface area contributed by atoms with Crippen LogP contribution in [0.25, 0.3) is 0 Å². The van der Waals surface area contributed by atoms with Crippen LogP contribution in [0.4, 0.5) is 5.69 Å². The molecule has 0 bridgehead atoms. The van der Waals surface area contributed by atoms with E-state index in [1.165, 1.54) is 0 Å². The van der Waals surface area contributed by atoms with Crippen molar-refractivity contribution < 1.29 is 17.9 Å². The molecule has 1 amide bonds. The summed E-state index contributed by atoms with van der Waals surface area (Å²) < 4.78 is 28.7. The maximum atomic E-state index is 11.9. The second-order valence-electron chi connectivity index (χ2n) is 5.27. The Hall–Kier alpha value is -1.44. The first-order chi connectivity index (χ1) is 10.3. The number of carbonyl (C=O) groups excluding carboxylic acids is 1. The molecule has 2 N–H and O–H groups in total. The zero-order chi connectivity index (χ0) is 16.6. The standard InChI is InChI=1S/C15H24N2O4S/c1-12(2)22(19,20)11-13-5-4-6-14(9-13)17-15(18)10-16-7-8-21-3/h4-6,9,12,16H,7-8,10-11H2,1-3H3,(H,17,18). The SMILES string of the molecule is COCCNCC(=O)Nc1cccc(CS(=O)(=O)C(C)C)c1. The Kier molecular flexibility index (Phi) is 7.50. The van der Waals surface area contributed by atoms with Crippen LogP contribution in [-0.2, 0) is 25.1 Å². The molecule has 22 heavy (non-hydrogen) atoms. The average Bonchev–Trinajstić information content (AvgIpc) is 2.43. The lowest BCUT2D eigenvalue weighted by molar-refractivity contribution is -0.115. The summed E-state index contributed by atoms with van der Waals surface area (Å²) in [5.41, 5.74) is 1.26. The molecule has 7 heteroatoms. The van der Waals surface area contributed by atoms with Gasteiger partial charge in [0.15, 0.2) is 9.84 Å². The Morgan fingerprint density at radius 3 is 2.68 bits per heavy atom. The van der Waals surface area contributed by atoms with E-state index in [1.54, 1.807) is 45.2 Å². The van der Waals surface area contributed by atoms with Crippen molar-refractivity contribution in [2.45, 2.75) is 24.9 Å².